The number of hydrogen-bond acceptors (Lipinski definition) is 8. The van der Waals surface area contributed by atoms with Crippen molar-refractivity contribution in [2.24, 2.45) is 4.99 Å². The van der Waals surface area contributed by atoms with Crippen molar-refractivity contribution in [3.63, 3.8) is 0 Å². The Morgan fingerprint density at radius 1 is 1.00 bits per heavy atom. The van der Waals surface area contributed by atoms with Gasteiger partial charge in [-0.1, -0.05) is 47.7 Å². The predicted octanol–water partition coefficient (Wildman–Crippen LogP) is 4.37. The van der Waals surface area contributed by atoms with Gasteiger partial charge in [-0.25, -0.2) is 9.79 Å². The van der Waals surface area contributed by atoms with E-state index < -0.39 is 12.0 Å². The van der Waals surface area contributed by atoms with E-state index in [1.165, 1.54) is 11.3 Å². The topological polar surface area (TPSA) is 88.4 Å². The van der Waals surface area contributed by atoms with Crippen LogP contribution in [0.2, 0.25) is 0 Å². The molecular formula is C31H30N2O6S. The van der Waals surface area contributed by atoms with Crippen molar-refractivity contribution in [3.05, 3.63) is 96.7 Å². The summed E-state index contributed by atoms with van der Waals surface area (Å²) in [5.74, 6) is 1.19. The molecule has 1 aliphatic heterocycles. The highest BCUT2D eigenvalue weighted by molar-refractivity contribution is 7.07. The summed E-state index contributed by atoms with van der Waals surface area (Å²) >= 11 is 1.27. The molecule has 0 N–H and O–H groups in total. The van der Waals surface area contributed by atoms with Crippen molar-refractivity contribution >= 4 is 34.2 Å². The second kappa shape index (κ2) is 11.4. The molecule has 8 nitrogen and oxygen atoms in total. The van der Waals surface area contributed by atoms with E-state index in [-0.39, 0.29) is 12.2 Å². The molecule has 5 rings (SSSR count). The van der Waals surface area contributed by atoms with Crippen molar-refractivity contribution in [2.45, 2.75) is 26.8 Å². The molecular weight excluding hydrogens is 528 g/mol. The molecule has 40 heavy (non-hydrogen) atoms. The van der Waals surface area contributed by atoms with E-state index in [1.54, 1.807) is 44.8 Å². The van der Waals surface area contributed by atoms with Gasteiger partial charge in [0.05, 0.1) is 49.3 Å². The third-order valence-electron chi connectivity index (χ3n) is 6.75. The van der Waals surface area contributed by atoms with Gasteiger partial charge in [0.2, 0.25) is 0 Å². The fourth-order valence-corrected chi connectivity index (χ4v) is 6.00. The maximum absolute atomic E-state index is 14.1. The van der Waals surface area contributed by atoms with E-state index in [1.807, 2.05) is 55.5 Å². The van der Waals surface area contributed by atoms with Crippen molar-refractivity contribution in [3.8, 4) is 17.2 Å². The van der Waals surface area contributed by atoms with Crippen molar-refractivity contribution in [1.82, 2.24) is 4.57 Å². The van der Waals surface area contributed by atoms with Gasteiger partial charge >= 0.3 is 5.97 Å². The molecule has 206 valence electrons. The summed E-state index contributed by atoms with van der Waals surface area (Å²) < 4.78 is 24.3. The van der Waals surface area contributed by atoms with E-state index in [2.05, 4.69) is 4.99 Å². The molecule has 4 aromatic rings. The summed E-state index contributed by atoms with van der Waals surface area (Å²) in [5.41, 5.74) is 2.00. The summed E-state index contributed by atoms with van der Waals surface area (Å²) in [6, 6.07) is 16.5. The van der Waals surface area contributed by atoms with Crippen LogP contribution in [0.5, 0.6) is 17.2 Å². The van der Waals surface area contributed by atoms with Crippen LogP contribution in [0.25, 0.3) is 16.8 Å². The lowest BCUT2D eigenvalue weighted by atomic mass is 9.95. The molecule has 1 aromatic heterocycles. The van der Waals surface area contributed by atoms with Crippen LogP contribution in [0, 0.1) is 0 Å². The van der Waals surface area contributed by atoms with Crippen molar-refractivity contribution < 1.29 is 23.7 Å². The molecule has 0 aliphatic carbocycles. The standard InChI is InChI=1S/C31H30N2O6S/c1-6-38-23-14-12-19-10-8-9-11-21(19)22(23)17-26-29(34)33-28(20-13-15-24(36-4)25(16-20)37-5)27(30(35)39-7-2)18(3)32-31(33)40-26/h8-17,28H,6-7H2,1-5H3. The predicted molar refractivity (Wildman–Crippen MR) is 155 cm³/mol. The highest BCUT2D eigenvalue weighted by Crippen LogP contribution is 2.36. The number of esters is 1. The number of hydrogen-bond donors (Lipinski definition) is 0. The number of thiazole rings is 1. The van der Waals surface area contributed by atoms with E-state index in [4.69, 9.17) is 18.9 Å². The number of carbonyl (C=O) groups is 1. The largest absolute Gasteiger partial charge is 0.493 e. The first-order valence-corrected chi connectivity index (χ1v) is 13.8. The number of carbonyl (C=O) groups excluding carboxylic acids is 1. The highest BCUT2D eigenvalue weighted by atomic mass is 32.1. The Kier molecular flexibility index (Phi) is 7.75. The van der Waals surface area contributed by atoms with Gasteiger partial charge in [0.1, 0.15) is 5.75 Å². The molecule has 0 fully saturated rings. The van der Waals surface area contributed by atoms with E-state index in [9.17, 15) is 9.59 Å². The van der Waals surface area contributed by atoms with Gasteiger partial charge in [-0.2, -0.15) is 0 Å². The average molecular weight is 559 g/mol. The van der Waals surface area contributed by atoms with Gasteiger partial charge in [0.15, 0.2) is 16.3 Å². The molecule has 0 amide bonds. The van der Waals surface area contributed by atoms with Gasteiger partial charge in [0.25, 0.3) is 5.56 Å². The Bertz CT molecular complexity index is 1820. The zero-order valence-electron chi connectivity index (χ0n) is 23.0. The van der Waals surface area contributed by atoms with E-state index in [0.717, 1.165) is 16.3 Å². The molecule has 3 aromatic carbocycles. The zero-order valence-corrected chi connectivity index (χ0v) is 23.8. The minimum atomic E-state index is -0.767. The van der Waals surface area contributed by atoms with Gasteiger partial charge < -0.3 is 18.9 Å². The Balaban J connectivity index is 1.78. The number of methoxy groups -OCH3 is 2. The van der Waals surface area contributed by atoms with Crippen LogP contribution in [0.15, 0.2) is 75.7 Å². The second-order valence-electron chi connectivity index (χ2n) is 9.05. The number of benzene rings is 3. The highest BCUT2D eigenvalue weighted by Gasteiger charge is 2.34. The van der Waals surface area contributed by atoms with Crippen molar-refractivity contribution in [2.75, 3.05) is 27.4 Å². The number of nitrogens with zero attached hydrogens (tertiary/aromatic N) is 2. The maximum atomic E-state index is 14.1. The minimum absolute atomic E-state index is 0.194. The lowest BCUT2D eigenvalue weighted by Gasteiger charge is -2.25. The molecule has 0 radical (unpaired) electrons. The molecule has 0 bridgehead atoms. The van der Waals surface area contributed by atoms with Gasteiger partial charge in [-0.15, -0.1) is 0 Å². The lowest BCUT2D eigenvalue weighted by Crippen LogP contribution is -2.40. The average Bonchev–Trinajstić information content (AvgIpc) is 3.27. The Morgan fingerprint density at radius 2 is 1.75 bits per heavy atom. The number of rotatable bonds is 8. The molecule has 1 aliphatic rings. The van der Waals surface area contributed by atoms with Gasteiger partial charge in [-0.3, -0.25) is 9.36 Å². The second-order valence-corrected chi connectivity index (χ2v) is 10.1. The maximum Gasteiger partial charge on any atom is 0.338 e. The van der Waals surface area contributed by atoms with Crippen LogP contribution < -0.4 is 29.1 Å². The molecule has 1 unspecified atom stereocenters. The SMILES string of the molecule is CCOC(=O)C1=C(C)N=c2sc(=Cc3c(OCC)ccc4ccccc34)c(=O)n2C1c1ccc(OC)c(OC)c1. The van der Waals surface area contributed by atoms with Crippen LogP contribution in [0.3, 0.4) is 0 Å². The molecule has 0 saturated carbocycles. The monoisotopic (exact) mass is 558 g/mol. The van der Waals surface area contributed by atoms with Crippen LogP contribution in [-0.4, -0.2) is 38.0 Å². The molecule has 1 atom stereocenters. The zero-order chi connectivity index (χ0) is 28.4. The molecule has 2 heterocycles. The first-order chi connectivity index (χ1) is 19.4. The van der Waals surface area contributed by atoms with Crippen LogP contribution in [-0.2, 0) is 9.53 Å². The Hall–Kier alpha value is -4.37. The fourth-order valence-electron chi connectivity index (χ4n) is 4.97. The number of allylic oxidation sites excluding steroid dienone is 1. The number of aromatic nitrogens is 1. The van der Waals surface area contributed by atoms with E-state index in [0.29, 0.717) is 50.0 Å². The molecule has 0 saturated heterocycles. The third kappa shape index (κ3) is 4.77. The number of fused-ring (bicyclic) bond motifs is 2. The normalized spacial score (nSPS) is 15.0. The summed E-state index contributed by atoms with van der Waals surface area (Å²) in [4.78, 5) is 32.5. The summed E-state index contributed by atoms with van der Waals surface area (Å²) in [7, 11) is 3.10. The number of ether oxygens (including phenoxy) is 4. The van der Waals surface area contributed by atoms with Gasteiger partial charge in [-0.05, 0) is 61.4 Å². The van der Waals surface area contributed by atoms with Crippen LogP contribution in [0.4, 0.5) is 0 Å². The van der Waals surface area contributed by atoms with E-state index >= 15 is 0 Å². The summed E-state index contributed by atoms with van der Waals surface area (Å²) in [6.07, 6.45) is 1.85. The minimum Gasteiger partial charge on any atom is -0.493 e. The van der Waals surface area contributed by atoms with Crippen LogP contribution >= 0.6 is 11.3 Å². The van der Waals surface area contributed by atoms with Gasteiger partial charge in [0, 0.05) is 5.56 Å². The summed E-state index contributed by atoms with van der Waals surface area (Å²) in [5, 5.41) is 2.01. The molecule has 9 heteroatoms. The Morgan fingerprint density at radius 3 is 2.48 bits per heavy atom. The quantitative estimate of drug-likeness (QED) is 0.299. The van der Waals surface area contributed by atoms with Crippen LogP contribution in [0.1, 0.15) is 37.9 Å². The lowest BCUT2D eigenvalue weighted by molar-refractivity contribution is -0.139. The fraction of sp³-hybridized carbons (Fsp3) is 0.258. The first kappa shape index (κ1) is 27.2. The first-order valence-electron chi connectivity index (χ1n) is 13.0. The Labute approximate surface area is 235 Å². The smallest absolute Gasteiger partial charge is 0.338 e. The molecule has 0 spiro atoms. The summed E-state index contributed by atoms with van der Waals surface area (Å²) in [6.45, 7) is 6.11. The third-order valence-corrected chi connectivity index (χ3v) is 7.73. The van der Waals surface area contributed by atoms with Crippen molar-refractivity contribution in [1.29, 1.82) is 0 Å².